The second-order valence-corrected chi connectivity index (χ2v) is 8.16. The zero-order chi connectivity index (χ0) is 16.2. The number of halogens is 1. The maximum Gasteiger partial charge on any atom is 0.225 e. The highest BCUT2D eigenvalue weighted by molar-refractivity contribution is 7.91. The van der Waals surface area contributed by atoms with Crippen LogP contribution >= 0.6 is 11.6 Å². The number of hydrogen-bond acceptors (Lipinski definition) is 4. The monoisotopic (exact) mass is 344 g/mol. The molecule has 122 valence electrons. The molecule has 2 rings (SSSR count). The van der Waals surface area contributed by atoms with E-state index in [-0.39, 0.29) is 23.5 Å². The van der Waals surface area contributed by atoms with Crippen LogP contribution in [0.5, 0.6) is 0 Å². The van der Waals surface area contributed by atoms with Gasteiger partial charge in [0.25, 0.3) is 0 Å². The van der Waals surface area contributed by atoms with E-state index < -0.39 is 9.84 Å². The molecule has 0 spiro atoms. The van der Waals surface area contributed by atoms with Crippen molar-refractivity contribution < 1.29 is 13.2 Å². The zero-order valence-electron chi connectivity index (χ0n) is 12.6. The Morgan fingerprint density at radius 3 is 2.59 bits per heavy atom. The quantitative estimate of drug-likeness (QED) is 0.859. The predicted molar refractivity (Wildman–Crippen MR) is 89.0 cm³/mol. The van der Waals surface area contributed by atoms with Crippen molar-refractivity contribution >= 4 is 33.0 Å². The van der Waals surface area contributed by atoms with E-state index in [1.54, 1.807) is 24.3 Å². The van der Waals surface area contributed by atoms with Crippen LogP contribution in [0.3, 0.4) is 0 Å². The van der Waals surface area contributed by atoms with E-state index in [4.69, 9.17) is 11.6 Å². The van der Waals surface area contributed by atoms with Gasteiger partial charge in [0.05, 0.1) is 11.5 Å². The van der Waals surface area contributed by atoms with Crippen molar-refractivity contribution in [2.45, 2.75) is 25.8 Å². The average molecular weight is 345 g/mol. The fraction of sp³-hybridized carbons (Fsp3) is 0.533. The molecule has 1 N–H and O–H groups in total. The van der Waals surface area contributed by atoms with Gasteiger partial charge in [0, 0.05) is 29.7 Å². The highest BCUT2D eigenvalue weighted by Gasteiger charge is 2.31. The van der Waals surface area contributed by atoms with Crippen LogP contribution in [-0.2, 0) is 14.6 Å². The smallest absolute Gasteiger partial charge is 0.225 e. The van der Waals surface area contributed by atoms with Gasteiger partial charge in [-0.05, 0) is 37.2 Å². The molecule has 0 aliphatic carbocycles. The van der Waals surface area contributed by atoms with Crippen LogP contribution in [0.1, 0.15) is 19.8 Å². The van der Waals surface area contributed by atoms with Gasteiger partial charge in [-0.25, -0.2) is 8.42 Å². The molecule has 1 saturated heterocycles. The van der Waals surface area contributed by atoms with Crippen molar-refractivity contribution in [1.82, 2.24) is 4.90 Å². The van der Waals surface area contributed by atoms with Crippen LogP contribution in [0, 0.1) is 0 Å². The van der Waals surface area contributed by atoms with Crippen LogP contribution in [0.25, 0.3) is 0 Å². The number of benzene rings is 1. The Morgan fingerprint density at radius 2 is 2.05 bits per heavy atom. The Hall–Kier alpha value is -1.11. The molecule has 1 aliphatic rings. The van der Waals surface area contributed by atoms with Crippen LogP contribution < -0.4 is 5.32 Å². The number of nitrogens with one attached hydrogen (secondary N) is 1. The van der Waals surface area contributed by atoms with Crippen LogP contribution in [-0.4, -0.2) is 49.9 Å². The highest BCUT2D eigenvalue weighted by atomic mass is 35.5. The number of hydrogen-bond donors (Lipinski definition) is 1. The number of rotatable bonds is 6. The SMILES string of the molecule is CCN(CCC(=O)Nc1ccc(Cl)cc1)C1CCS(=O)(=O)C1. The fourth-order valence-electron chi connectivity index (χ4n) is 2.66. The summed E-state index contributed by atoms with van der Waals surface area (Å²) in [5, 5.41) is 3.44. The highest BCUT2D eigenvalue weighted by Crippen LogP contribution is 2.18. The summed E-state index contributed by atoms with van der Waals surface area (Å²) in [4.78, 5) is 14.0. The van der Waals surface area contributed by atoms with Gasteiger partial charge < -0.3 is 5.32 Å². The molecule has 1 aromatic carbocycles. The second kappa shape index (κ2) is 7.44. The van der Waals surface area contributed by atoms with Gasteiger partial charge >= 0.3 is 0 Å². The molecule has 1 aromatic rings. The molecule has 1 unspecified atom stereocenters. The van der Waals surface area contributed by atoms with E-state index in [0.717, 1.165) is 6.54 Å². The Kier molecular flexibility index (Phi) is 5.83. The van der Waals surface area contributed by atoms with Gasteiger partial charge in [-0.2, -0.15) is 0 Å². The first-order chi connectivity index (χ1) is 10.4. The lowest BCUT2D eigenvalue weighted by Crippen LogP contribution is -2.38. The molecular formula is C15H21ClN2O3S. The Morgan fingerprint density at radius 1 is 1.36 bits per heavy atom. The summed E-state index contributed by atoms with van der Waals surface area (Å²) in [5.74, 6) is 0.381. The van der Waals surface area contributed by atoms with E-state index in [2.05, 4.69) is 10.2 Å². The van der Waals surface area contributed by atoms with E-state index >= 15 is 0 Å². The molecular weight excluding hydrogens is 324 g/mol. The van der Waals surface area contributed by atoms with E-state index in [1.165, 1.54) is 0 Å². The largest absolute Gasteiger partial charge is 0.326 e. The van der Waals surface area contributed by atoms with Crippen molar-refractivity contribution in [2.24, 2.45) is 0 Å². The van der Waals surface area contributed by atoms with Crippen molar-refractivity contribution in [1.29, 1.82) is 0 Å². The fourth-order valence-corrected chi connectivity index (χ4v) is 4.55. The third-order valence-electron chi connectivity index (χ3n) is 3.89. The number of anilines is 1. The molecule has 5 nitrogen and oxygen atoms in total. The van der Waals surface area contributed by atoms with Gasteiger partial charge in [0.1, 0.15) is 0 Å². The van der Waals surface area contributed by atoms with E-state index in [1.807, 2.05) is 6.92 Å². The lowest BCUT2D eigenvalue weighted by Gasteiger charge is -2.26. The Labute approximate surface area is 136 Å². The first-order valence-electron chi connectivity index (χ1n) is 7.39. The average Bonchev–Trinajstić information content (AvgIpc) is 2.82. The lowest BCUT2D eigenvalue weighted by atomic mass is 10.2. The minimum atomic E-state index is -2.90. The first-order valence-corrected chi connectivity index (χ1v) is 9.59. The summed E-state index contributed by atoms with van der Waals surface area (Å²) >= 11 is 5.80. The number of amides is 1. The summed E-state index contributed by atoms with van der Waals surface area (Å²) in [6.45, 7) is 3.30. The summed E-state index contributed by atoms with van der Waals surface area (Å²) in [5.41, 5.74) is 0.709. The van der Waals surface area contributed by atoms with E-state index in [0.29, 0.717) is 30.1 Å². The maximum absolute atomic E-state index is 12.0. The third-order valence-corrected chi connectivity index (χ3v) is 5.89. The molecule has 1 aliphatic heterocycles. The molecule has 1 atom stereocenters. The molecule has 0 saturated carbocycles. The Bertz CT molecular complexity index is 616. The number of carbonyl (C=O) groups is 1. The molecule has 1 amide bonds. The topological polar surface area (TPSA) is 66.5 Å². The van der Waals surface area contributed by atoms with Crippen molar-refractivity contribution in [2.75, 3.05) is 29.9 Å². The van der Waals surface area contributed by atoms with Crippen LogP contribution in [0.2, 0.25) is 5.02 Å². The van der Waals surface area contributed by atoms with Crippen molar-refractivity contribution in [3.05, 3.63) is 29.3 Å². The maximum atomic E-state index is 12.0. The molecule has 22 heavy (non-hydrogen) atoms. The third kappa shape index (κ3) is 4.97. The number of carbonyl (C=O) groups excluding carboxylic acids is 1. The lowest BCUT2D eigenvalue weighted by molar-refractivity contribution is -0.116. The molecule has 1 fully saturated rings. The predicted octanol–water partition coefficient (Wildman–Crippen LogP) is 2.18. The molecule has 7 heteroatoms. The second-order valence-electron chi connectivity index (χ2n) is 5.49. The summed E-state index contributed by atoms with van der Waals surface area (Å²) in [6, 6.07) is 6.99. The van der Waals surface area contributed by atoms with E-state index in [9.17, 15) is 13.2 Å². The standard InChI is InChI=1S/C15H21ClN2O3S/c1-2-18(14-8-10-22(20,21)11-14)9-7-15(19)17-13-5-3-12(16)4-6-13/h3-6,14H,2,7-11H2,1H3,(H,17,19). The molecule has 0 aromatic heterocycles. The minimum Gasteiger partial charge on any atom is -0.326 e. The van der Waals surface area contributed by atoms with Gasteiger partial charge in [-0.1, -0.05) is 18.5 Å². The molecule has 0 bridgehead atoms. The van der Waals surface area contributed by atoms with Crippen molar-refractivity contribution in [3.63, 3.8) is 0 Å². The van der Waals surface area contributed by atoms with Gasteiger partial charge in [-0.15, -0.1) is 0 Å². The Balaban J connectivity index is 1.82. The zero-order valence-corrected chi connectivity index (χ0v) is 14.2. The molecule has 0 radical (unpaired) electrons. The normalized spacial score (nSPS) is 20.2. The molecule has 1 heterocycles. The summed E-state index contributed by atoms with van der Waals surface area (Å²) in [6.07, 6.45) is 1.00. The summed E-state index contributed by atoms with van der Waals surface area (Å²) in [7, 11) is -2.90. The first kappa shape index (κ1) is 17.2. The van der Waals surface area contributed by atoms with Crippen LogP contribution in [0.15, 0.2) is 24.3 Å². The minimum absolute atomic E-state index is 0.0401. The van der Waals surface area contributed by atoms with Gasteiger partial charge in [0.15, 0.2) is 9.84 Å². The number of sulfone groups is 1. The number of nitrogens with zero attached hydrogens (tertiary/aromatic N) is 1. The van der Waals surface area contributed by atoms with Gasteiger partial charge in [-0.3, -0.25) is 9.69 Å². The van der Waals surface area contributed by atoms with Gasteiger partial charge in [0.2, 0.25) is 5.91 Å². The van der Waals surface area contributed by atoms with Crippen LogP contribution in [0.4, 0.5) is 5.69 Å². The summed E-state index contributed by atoms with van der Waals surface area (Å²) < 4.78 is 23.1. The van der Waals surface area contributed by atoms with Crippen molar-refractivity contribution in [3.8, 4) is 0 Å².